The van der Waals surface area contributed by atoms with Gasteiger partial charge in [0.25, 0.3) is 5.91 Å². The lowest BCUT2D eigenvalue weighted by atomic mass is 10.1. The molecule has 2 amide bonds. The van der Waals surface area contributed by atoms with Gasteiger partial charge in [0.2, 0.25) is 5.91 Å². The highest BCUT2D eigenvalue weighted by atomic mass is 19.1. The van der Waals surface area contributed by atoms with E-state index >= 15 is 0 Å². The normalized spacial score (nSPS) is 11.4. The Labute approximate surface area is 151 Å². The first-order valence-electron chi connectivity index (χ1n) is 8.42. The van der Waals surface area contributed by atoms with E-state index in [9.17, 15) is 18.8 Å². The van der Waals surface area contributed by atoms with Crippen molar-refractivity contribution in [3.63, 3.8) is 0 Å². The number of hydrogen-bond donors (Lipinski definition) is 2. The molecule has 0 spiro atoms. The summed E-state index contributed by atoms with van der Waals surface area (Å²) in [5, 5.41) is 5.45. The van der Waals surface area contributed by atoms with Gasteiger partial charge in [-0.3, -0.25) is 9.59 Å². The minimum atomic E-state index is -0.747. The van der Waals surface area contributed by atoms with E-state index in [0.717, 1.165) is 11.8 Å². The molecule has 1 atom stereocenters. The zero-order valence-electron chi connectivity index (χ0n) is 14.3. The van der Waals surface area contributed by atoms with Crippen molar-refractivity contribution in [2.24, 2.45) is 0 Å². The quantitative estimate of drug-likeness (QED) is 0.536. The van der Waals surface area contributed by atoms with Crippen LogP contribution in [0.4, 0.5) is 4.39 Å². The zero-order chi connectivity index (χ0) is 18.8. The highest BCUT2D eigenvalue weighted by molar-refractivity contribution is 5.97. The number of amides is 2. The topological polar surface area (TPSA) is 75.3 Å². The summed E-state index contributed by atoms with van der Waals surface area (Å²) >= 11 is 0. The standard InChI is InChI=1S/C20H21FN2O3/c21-17-11-9-15(10-12-17)14-22-20(26)18(8-4-5-13-24)23-19(25)16-6-2-1-3-7-16/h1-3,6-7,9-13,18H,4-5,8,14H2,(H,22,26)(H,23,25)/t18-/m0/s1. The lowest BCUT2D eigenvalue weighted by molar-refractivity contribution is -0.123. The molecule has 0 fully saturated rings. The number of hydrogen-bond acceptors (Lipinski definition) is 3. The number of rotatable bonds is 9. The molecule has 0 unspecified atom stereocenters. The van der Waals surface area contributed by atoms with Crippen LogP contribution in [-0.2, 0) is 16.1 Å². The second kappa shape index (κ2) is 10.1. The predicted molar refractivity (Wildman–Crippen MR) is 95.9 cm³/mol. The molecule has 2 aromatic carbocycles. The summed E-state index contributed by atoms with van der Waals surface area (Å²) in [6.07, 6.45) is 1.95. The molecule has 0 aromatic heterocycles. The van der Waals surface area contributed by atoms with Gasteiger partial charge in [0.1, 0.15) is 18.1 Å². The molecule has 0 aliphatic rings. The van der Waals surface area contributed by atoms with Gasteiger partial charge in [-0.05, 0) is 42.7 Å². The van der Waals surface area contributed by atoms with Crippen LogP contribution in [0.3, 0.4) is 0 Å². The number of carbonyl (C=O) groups excluding carboxylic acids is 3. The average molecular weight is 356 g/mol. The van der Waals surface area contributed by atoms with Crippen molar-refractivity contribution in [2.45, 2.75) is 31.8 Å². The van der Waals surface area contributed by atoms with E-state index in [1.54, 1.807) is 42.5 Å². The lowest BCUT2D eigenvalue weighted by Gasteiger charge is -2.18. The van der Waals surface area contributed by atoms with E-state index in [1.165, 1.54) is 12.1 Å². The lowest BCUT2D eigenvalue weighted by Crippen LogP contribution is -2.46. The third kappa shape index (κ3) is 6.12. The van der Waals surface area contributed by atoms with Gasteiger partial charge in [0, 0.05) is 18.5 Å². The molecule has 0 saturated carbocycles. The average Bonchev–Trinajstić information content (AvgIpc) is 2.67. The number of halogens is 1. The van der Waals surface area contributed by atoms with Gasteiger partial charge in [-0.2, -0.15) is 0 Å². The first-order chi connectivity index (χ1) is 12.6. The molecule has 6 heteroatoms. The van der Waals surface area contributed by atoms with Gasteiger partial charge in [-0.1, -0.05) is 30.3 Å². The molecule has 2 rings (SSSR count). The van der Waals surface area contributed by atoms with Crippen LogP contribution < -0.4 is 10.6 Å². The van der Waals surface area contributed by atoms with Crippen molar-refractivity contribution in [2.75, 3.05) is 0 Å². The van der Waals surface area contributed by atoms with Crippen LogP contribution in [0.15, 0.2) is 54.6 Å². The highest BCUT2D eigenvalue weighted by Gasteiger charge is 2.20. The van der Waals surface area contributed by atoms with Crippen molar-refractivity contribution in [1.82, 2.24) is 10.6 Å². The van der Waals surface area contributed by atoms with Gasteiger partial charge in [-0.15, -0.1) is 0 Å². The van der Waals surface area contributed by atoms with E-state index in [0.29, 0.717) is 24.8 Å². The SMILES string of the molecule is O=CCCC[C@H](NC(=O)c1ccccc1)C(=O)NCc1ccc(F)cc1. The van der Waals surface area contributed by atoms with Crippen LogP contribution in [0.2, 0.25) is 0 Å². The third-order valence-electron chi connectivity index (χ3n) is 3.85. The zero-order valence-corrected chi connectivity index (χ0v) is 14.3. The maximum absolute atomic E-state index is 12.9. The summed E-state index contributed by atoms with van der Waals surface area (Å²) in [6, 6.07) is 13.7. The van der Waals surface area contributed by atoms with Gasteiger partial charge in [0.15, 0.2) is 0 Å². The molecule has 5 nitrogen and oxygen atoms in total. The molecule has 0 aliphatic carbocycles. The largest absolute Gasteiger partial charge is 0.350 e. The minimum Gasteiger partial charge on any atom is -0.350 e. The van der Waals surface area contributed by atoms with Crippen LogP contribution in [0.25, 0.3) is 0 Å². The third-order valence-corrected chi connectivity index (χ3v) is 3.85. The van der Waals surface area contributed by atoms with Crippen molar-refractivity contribution < 1.29 is 18.8 Å². The van der Waals surface area contributed by atoms with E-state index in [1.807, 2.05) is 0 Å². The Kier molecular flexibility index (Phi) is 7.49. The van der Waals surface area contributed by atoms with Crippen molar-refractivity contribution in [3.05, 3.63) is 71.5 Å². The monoisotopic (exact) mass is 356 g/mol. The molecule has 2 aromatic rings. The molecule has 0 heterocycles. The van der Waals surface area contributed by atoms with Crippen LogP contribution in [0.1, 0.15) is 35.2 Å². The first-order valence-corrected chi connectivity index (χ1v) is 8.42. The minimum absolute atomic E-state index is 0.227. The van der Waals surface area contributed by atoms with E-state index in [-0.39, 0.29) is 24.2 Å². The Balaban J connectivity index is 1.97. The van der Waals surface area contributed by atoms with Gasteiger partial charge < -0.3 is 15.4 Å². The number of nitrogens with one attached hydrogen (secondary N) is 2. The Morgan fingerprint density at radius 2 is 1.73 bits per heavy atom. The van der Waals surface area contributed by atoms with E-state index in [4.69, 9.17) is 0 Å². The van der Waals surface area contributed by atoms with Crippen LogP contribution in [-0.4, -0.2) is 24.1 Å². The second-order valence-electron chi connectivity index (χ2n) is 5.83. The van der Waals surface area contributed by atoms with Gasteiger partial charge >= 0.3 is 0 Å². The molecule has 0 saturated heterocycles. The maximum Gasteiger partial charge on any atom is 0.251 e. The predicted octanol–water partition coefficient (Wildman–Crippen LogP) is 2.61. The van der Waals surface area contributed by atoms with Crippen molar-refractivity contribution >= 4 is 18.1 Å². The molecule has 0 aliphatic heterocycles. The molecular weight excluding hydrogens is 335 g/mol. The Bertz CT molecular complexity index is 732. The van der Waals surface area contributed by atoms with E-state index in [2.05, 4.69) is 10.6 Å². The number of carbonyl (C=O) groups is 3. The van der Waals surface area contributed by atoms with Gasteiger partial charge in [0.05, 0.1) is 0 Å². The second-order valence-corrected chi connectivity index (χ2v) is 5.83. The summed E-state index contributed by atoms with van der Waals surface area (Å²) in [4.78, 5) is 35.3. The van der Waals surface area contributed by atoms with Crippen molar-refractivity contribution in [3.8, 4) is 0 Å². The van der Waals surface area contributed by atoms with Crippen LogP contribution in [0.5, 0.6) is 0 Å². The Morgan fingerprint density at radius 3 is 2.38 bits per heavy atom. The van der Waals surface area contributed by atoms with E-state index < -0.39 is 6.04 Å². The first kappa shape index (κ1) is 19.3. The molecule has 0 bridgehead atoms. The molecule has 136 valence electrons. The van der Waals surface area contributed by atoms with Crippen molar-refractivity contribution in [1.29, 1.82) is 0 Å². The highest BCUT2D eigenvalue weighted by Crippen LogP contribution is 2.06. The maximum atomic E-state index is 12.9. The summed E-state index contributed by atoms with van der Waals surface area (Å²) < 4.78 is 12.9. The van der Waals surface area contributed by atoms with Crippen LogP contribution >= 0.6 is 0 Å². The number of aldehydes is 1. The fourth-order valence-corrected chi connectivity index (χ4v) is 2.42. The fraction of sp³-hybridized carbons (Fsp3) is 0.250. The Hall–Kier alpha value is -3.02. The fourth-order valence-electron chi connectivity index (χ4n) is 2.42. The molecule has 0 radical (unpaired) electrons. The smallest absolute Gasteiger partial charge is 0.251 e. The number of unbranched alkanes of at least 4 members (excludes halogenated alkanes) is 1. The van der Waals surface area contributed by atoms with Crippen LogP contribution in [0, 0.1) is 5.82 Å². The summed E-state index contributed by atoms with van der Waals surface area (Å²) in [5.41, 5.74) is 1.21. The summed E-state index contributed by atoms with van der Waals surface area (Å²) in [7, 11) is 0. The van der Waals surface area contributed by atoms with Gasteiger partial charge in [-0.25, -0.2) is 4.39 Å². The Morgan fingerprint density at radius 1 is 1.04 bits per heavy atom. The summed E-state index contributed by atoms with van der Waals surface area (Å²) in [6.45, 7) is 0.227. The molecular formula is C20H21FN2O3. The summed E-state index contributed by atoms with van der Waals surface area (Å²) in [5.74, 6) is -1.04. The molecule has 26 heavy (non-hydrogen) atoms. The number of benzene rings is 2. The molecule has 2 N–H and O–H groups in total.